The van der Waals surface area contributed by atoms with Gasteiger partial charge in [-0.3, -0.25) is 0 Å². The molecule has 2 rings (SSSR count). The number of nitrogens with zero attached hydrogens (tertiary/aromatic N) is 3. The molecule has 0 aromatic heterocycles. The lowest BCUT2D eigenvalue weighted by Crippen LogP contribution is -2.29. The van der Waals surface area contributed by atoms with Gasteiger partial charge in [0.15, 0.2) is 5.17 Å². The first-order valence-electron chi connectivity index (χ1n) is 7.98. The molecule has 1 aromatic rings. The number of amidine groups is 1. The average Bonchev–Trinajstić information content (AvgIpc) is 2.79. The third kappa shape index (κ3) is 4.78. The zero-order valence-electron chi connectivity index (χ0n) is 13.9. The lowest BCUT2D eigenvalue weighted by Gasteiger charge is -2.20. The van der Waals surface area contributed by atoms with Gasteiger partial charge in [-0.15, -0.1) is 0 Å². The number of hydrogen-bond acceptors (Lipinski definition) is 3. The van der Waals surface area contributed by atoms with Crippen LogP contribution in [0.2, 0.25) is 0 Å². The van der Waals surface area contributed by atoms with Gasteiger partial charge in [0.25, 0.3) is 0 Å². The Morgan fingerprint density at radius 1 is 1.23 bits per heavy atom. The molecule has 0 saturated carbocycles. The van der Waals surface area contributed by atoms with Crippen LogP contribution in [0.5, 0.6) is 0 Å². The number of aliphatic imine (C=N–C) groups is 1. The Kier molecular flexibility index (Phi) is 5.90. The van der Waals surface area contributed by atoms with E-state index in [2.05, 4.69) is 38.7 Å². The summed E-state index contributed by atoms with van der Waals surface area (Å²) in [5.41, 5.74) is 1.61. The van der Waals surface area contributed by atoms with Crippen LogP contribution in [-0.2, 0) is 0 Å². The van der Waals surface area contributed by atoms with Gasteiger partial charge in [0, 0.05) is 18.3 Å². The normalized spacial score (nSPS) is 20.1. The van der Waals surface area contributed by atoms with Crippen LogP contribution in [0.4, 0.5) is 5.69 Å². The first kappa shape index (κ1) is 16.9. The molecule has 1 heterocycles. The van der Waals surface area contributed by atoms with Crippen LogP contribution < -0.4 is 0 Å². The van der Waals surface area contributed by atoms with Crippen LogP contribution in [0.1, 0.15) is 39.7 Å². The van der Waals surface area contributed by atoms with Crippen LogP contribution in [0, 0.1) is 23.2 Å². The number of rotatable bonds is 5. The van der Waals surface area contributed by atoms with E-state index in [0.29, 0.717) is 22.6 Å². The molecule has 22 heavy (non-hydrogen) atoms. The number of nitriles is 1. The van der Waals surface area contributed by atoms with E-state index in [0.717, 1.165) is 23.9 Å². The van der Waals surface area contributed by atoms with Gasteiger partial charge in [0.1, 0.15) is 0 Å². The molecule has 0 aliphatic carbocycles. The molecule has 1 unspecified atom stereocenters. The Morgan fingerprint density at radius 2 is 1.91 bits per heavy atom. The molecular weight excluding hydrogens is 290 g/mol. The molecule has 1 aliphatic rings. The van der Waals surface area contributed by atoms with E-state index in [1.54, 1.807) is 0 Å². The van der Waals surface area contributed by atoms with Crippen molar-refractivity contribution in [2.75, 3.05) is 13.1 Å². The third-order valence-electron chi connectivity index (χ3n) is 3.51. The fourth-order valence-corrected chi connectivity index (χ4v) is 4.13. The third-order valence-corrected chi connectivity index (χ3v) is 4.74. The van der Waals surface area contributed by atoms with Crippen LogP contribution in [0.3, 0.4) is 0 Å². The predicted molar refractivity (Wildman–Crippen MR) is 95.5 cm³/mol. The summed E-state index contributed by atoms with van der Waals surface area (Å²) in [5.74, 6) is 1.34. The average molecular weight is 315 g/mol. The van der Waals surface area contributed by atoms with Crippen molar-refractivity contribution in [1.29, 1.82) is 5.26 Å². The highest BCUT2D eigenvalue weighted by Crippen LogP contribution is 2.32. The molecule has 118 valence electrons. The molecule has 1 aromatic carbocycles. The highest BCUT2D eigenvalue weighted by atomic mass is 32.2. The van der Waals surface area contributed by atoms with Crippen molar-refractivity contribution < 1.29 is 0 Å². The minimum atomic E-state index is 0.629. The quantitative estimate of drug-likeness (QED) is 0.793. The van der Waals surface area contributed by atoms with Crippen LogP contribution in [0.15, 0.2) is 29.3 Å². The zero-order valence-corrected chi connectivity index (χ0v) is 14.7. The Labute approximate surface area is 138 Å². The van der Waals surface area contributed by atoms with E-state index in [1.165, 1.54) is 6.42 Å². The minimum absolute atomic E-state index is 0.629. The maximum absolute atomic E-state index is 8.87. The highest BCUT2D eigenvalue weighted by Gasteiger charge is 2.29. The van der Waals surface area contributed by atoms with E-state index in [-0.39, 0.29) is 0 Å². The summed E-state index contributed by atoms with van der Waals surface area (Å²) in [4.78, 5) is 7.24. The van der Waals surface area contributed by atoms with Crippen molar-refractivity contribution in [2.24, 2.45) is 16.8 Å². The van der Waals surface area contributed by atoms with E-state index in [4.69, 9.17) is 10.3 Å². The van der Waals surface area contributed by atoms with E-state index < -0.39 is 0 Å². The van der Waals surface area contributed by atoms with Crippen molar-refractivity contribution in [3.8, 4) is 6.07 Å². The minimum Gasteiger partial charge on any atom is -0.350 e. The van der Waals surface area contributed by atoms with Gasteiger partial charge in [-0.25, -0.2) is 4.99 Å². The maximum Gasteiger partial charge on any atom is 0.164 e. The first-order valence-corrected chi connectivity index (χ1v) is 8.86. The zero-order chi connectivity index (χ0) is 16.1. The smallest absolute Gasteiger partial charge is 0.164 e. The lowest BCUT2D eigenvalue weighted by atomic mass is 10.1. The Hall–Kier alpha value is -1.47. The topological polar surface area (TPSA) is 39.4 Å². The standard InChI is InChI=1S/C18H25N3S/c1-13(2)9-17-12-21(11-14(3)4)18(22-17)20-16-7-5-15(10-19)6-8-16/h5-8,13-14,17H,9,11-12H2,1-4H3. The summed E-state index contributed by atoms with van der Waals surface area (Å²) >= 11 is 1.90. The first-order chi connectivity index (χ1) is 10.5. The maximum atomic E-state index is 8.87. The van der Waals surface area contributed by atoms with E-state index in [9.17, 15) is 0 Å². The van der Waals surface area contributed by atoms with Crippen LogP contribution >= 0.6 is 11.8 Å². The molecule has 0 spiro atoms. The van der Waals surface area contributed by atoms with Crippen molar-refractivity contribution >= 4 is 22.6 Å². The molecule has 1 atom stereocenters. The van der Waals surface area contributed by atoms with Gasteiger partial charge in [0.2, 0.25) is 0 Å². The lowest BCUT2D eigenvalue weighted by molar-refractivity contribution is 0.368. The van der Waals surface area contributed by atoms with Gasteiger partial charge in [-0.05, 0) is 42.5 Å². The van der Waals surface area contributed by atoms with Crippen molar-refractivity contribution in [1.82, 2.24) is 4.90 Å². The van der Waals surface area contributed by atoms with E-state index >= 15 is 0 Å². The molecule has 0 amide bonds. The molecule has 1 aliphatic heterocycles. The Balaban J connectivity index is 2.16. The van der Waals surface area contributed by atoms with E-state index in [1.807, 2.05) is 36.0 Å². The Bertz CT molecular complexity index is 555. The molecule has 1 saturated heterocycles. The van der Waals surface area contributed by atoms with Crippen molar-refractivity contribution in [3.63, 3.8) is 0 Å². The summed E-state index contributed by atoms with van der Waals surface area (Å²) < 4.78 is 0. The number of hydrogen-bond donors (Lipinski definition) is 0. The molecule has 0 N–H and O–H groups in total. The van der Waals surface area contributed by atoms with Gasteiger partial charge in [0.05, 0.1) is 17.3 Å². The summed E-state index contributed by atoms with van der Waals surface area (Å²) in [6, 6.07) is 9.66. The van der Waals surface area contributed by atoms with Crippen molar-refractivity contribution in [2.45, 2.75) is 39.4 Å². The summed E-state index contributed by atoms with van der Waals surface area (Å²) in [6.07, 6.45) is 1.23. The molecule has 1 fully saturated rings. The fraction of sp³-hybridized carbons (Fsp3) is 0.556. The summed E-state index contributed by atoms with van der Waals surface area (Å²) in [6.45, 7) is 11.2. The van der Waals surface area contributed by atoms with Gasteiger partial charge in [-0.1, -0.05) is 39.5 Å². The van der Waals surface area contributed by atoms with Gasteiger partial charge >= 0.3 is 0 Å². The summed E-state index contributed by atoms with van der Waals surface area (Å²) in [7, 11) is 0. The van der Waals surface area contributed by atoms with Crippen LogP contribution in [-0.4, -0.2) is 28.4 Å². The Morgan fingerprint density at radius 3 is 2.45 bits per heavy atom. The second-order valence-corrected chi connectivity index (χ2v) is 7.99. The van der Waals surface area contributed by atoms with Crippen molar-refractivity contribution in [3.05, 3.63) is 29.8 Å². The predicted octanol–water partition coefficient (Wildman–Crippen LogP) is 4.67. The SMILES string of the molecule is CC(C)CC1CN(CC(C)C)C(=Nc2ccc(C#N)cc2)S1. The second-order valence-electron chi connectivity index (χ2n) is 6.72. The van der Waals surface area contributed by atoms with Crippen LogP contribution in [0.25, 0.3) is 0 Å². The summed E-state index contributed by atoms with van der Waals surface area (Å²) in [5, 5.41) is 10.6. The second kappa shape index (κ2) is 7.69. The molecule has 0 bridgehead atoms. The molecule has 3 nitrogen and oxygen atoms in total. The molecule has 4 heteroatoms. The number of benzene rings is 1. The highest BCUT2D eigenvalue weighted by molar-refractivity contribution is 8.14. The monoisotopic (exact) mass is 315 g/mol. The molecule has 0 radical (unpaired) electrons. The van der Waals surface area contributed by atoms with Gasteiger partial charge < -0.3 is 4.90 Å². The van der Waals surface area contributed by atoms with Gasteiger partial charge in [-0.2, -0.15) is 5.26 Å². The fourth-order valence-electron chi connectivity index (χ4n) is 2.64. The molecular formula is C18H25N3S. The number of thioether (sulfide) groups is 1. The largest absolute Gasteiger partial charge is 0.350 e.